The summed E-state index contributed by atoms with van der Waals surface area (Å²) in [4.78, 5) is 10.9. The summed E-state index contributed by atoms with van der Waals surface area (Å²) in [6, 6.07) is 12.3. The third kappa shape index (κ3) is 3.85. The van der Waals surface area contributed by atoms with Crippen LogP contribution in [-0.2, 0) is 6.42 Å². The molecule has 0 aliphatic heterocycles. The second-order valence-electron chi connectivity index (χ2n) is 4.40. The Balaban J connectivity index is 2.06. The van der Waals surface area contributed by atoms with Gasteiger partial charge >= 0.3 is 0 Å². The van der Waals surface area contributed by atoms with Crippen LogP contribution in [-0.4, -0.2) is 29.8 Å². The summed E-state index contributed by atoms with van der Waals surface area (Å²) in [5.41, 5.74) is 3.90. The molecule has 20 heavy (non-hydrogen) atoms. The number of hydrogen-bond donors (Lipinski definition) is 2. The molecule has 0 atom stereocenters. The molecular formula is C14H19N5S. The minimum Gasteiger partial charge on any atom is -0.359 e. The second-order valence-corrected chi connectivity index (χ2v) is 5.17. The molecule has 2 aromatic rings. The lowest BCUT2D eigenvalue weighted by Gasteiger charge is -2.19. The van der Waals surface area contributed by atoms with Gasteiger partial charge in [-0.05, 0) is 18.2 Å². The molecule has 0 spiro atoms. The van der Waals surface area contributed by atoms with Crippen LogP contribution >= 0.6 is 11.8 Å². The Bertz CT molecular complexity index is 524. The smallest absolute Gasteiger partial charge is 0.191 e. The molecule has 0 amide bonds. The average molecular weight is 289 g/mol. The second kappa shape index (κ2) is 7.12. The topological polar surface area (TPSA) is 67.1 Å². The fourth-order valence-corrected chi connectivity index (χ4v) is 2.20. The van der Waals surface area contributed by atoms with E-state index in [0.29, 0.717) is 11.0 Å². The Labute approximate surface area is 123 Å². The van der Waals surface area contributed by atoms with Crippen molar-refractivity contribution in [3.05, 3.63) is 42.0 Å². The van der Waals surface area contributed by atoms with Gasteiger partial charge in [0.05, 0.1) is 0 Å². The number of nitrogens with two attached hydrogens (primary N) is 1. The zero-order valence-electron chi connectivity index (χ0n) is 11.7. The quantitative estimate of drug-likeness (QED) is 0.368. The van der Waals surface area contributed by atoms with E-state index in [1.807, 2.05) is 25.4 Å². The van der Waals surface area contributed by atoms with Crippen molar-refractivity contribution >= 4 is 23.4 Å². The molecule has 0 fully saturated rings. The van der Waals surface area contributed by atoms with E-state index < -0.39 is 0 Å². The van der Waals surface area contributed by atoms with Gasteiger partial charge in [0.1, 0.15) is 11.6 Å². The Hall–Kier alpha value is -1.79. The number of aromatic nitrogens is 2. The Morgan fingerprint density at radius 2 is 2.00 bits per heavy atom. The van der Waals surface area contributed by atoms with Crippen LogP contribution in [0.5, 0.6) is 0 Å². The van der Waals surface area contributed by atoms with Gasteiger partial charge < -0.3 is 10.3 Å². The predicted molar refractivity (Wildman–Crippen MR) is 85.0 cm³/mol. The van der Waals surface area contributed by atoms with Crippen molar-refractivity contribution in [3.8, 4) is 0 Å². The van der Waals surface area contributed by atoms with Crippen LogP contribution in [0.3, 0.4) is 0 Å². The van der Waals surface area contributed by atoms with Crippen molar-refractivity contribution in [3.63, 3.8) is 0 Å². The summed E-state index contributed by atoms with van der Waals surface area (Å²) in [7, 11) is 2.02. The molecule has 1 aromatic carbocycles. The van der Waals surface area contributed by atoms with Crippen molar-refractivity contribution in [1.82, 2.24) is 9.97 Å². The van der Waals surface area contributed by atoms with Crippen molar-refractivity contribution < 1.29 is 0 Å². The lowest BCUT2D eigenvalue weighted by Crippen LogP contribution is -2.22. The number of nitrogens with one attached hydrogen (secondary N) is 1. The first-order chi connectivity index (χ1) is 9.72. The van der Waals surface area contributed by atoms with Crippen LogP contribution in [0.2, 0.25) is 0 Å². The molecule has 6 heteroatoms. The lowest BCUT2D eigenvalue weighted by atomic mass is 10.1. The summed E-state index contributed by atoms with van der Waals surface area (Å²) < 4.78 is 0. The predicted octanol–water partition coefficient (Wildman–Crippen LogP) is 2.16. The number of likely N-dealkylation sites (N-methyl/N-ethyl adjacent to an activating group) is 1. The summed E-state index contributed by atoms with van der Waals surface area (Å²) in [5, 5.41) is 0.710. The maximum absolute atomic E-state index is 5.44. The minimum atomic E-state index is 0.630. The van der Waals surface area contributed by atoms with Gasteiger partial charge in [0.2, 0.25) is 0 Å². The van der Waals surface area contributed by atoms with Gasteiger partial charge in [0.25, 0.3) is 0 Å². The summed E-state index contributed by atoms with van der Waals surface area (Å²) in [6.07, 6.45) is 2.92. The first-order valence-electron chi connectivity index (χ1n) is 6.37. The molecule has 0 saturated heterocycles. The fourth-order valence-electron chi connectivity index (χ4n) is 1.83. The maximum atomic E-state index is 5.44. The Kier molecular flexibility index (Phi) is 5.20. The normalized spacial score (nSPS) is 10.3. The van der Waals surface area contributed by atoms with Crippen LogP contribution in [0.25, 0.3) is 0 Å². The highest BCUT2D eigenvalue weighted by molar-refractivity contribution is 7.98. The first-order valence-corrected chi connectivity index (χ1v) is 7.60. The van der Waals surface area contributed by atoms with Gasteiger partial charge in [-0.25, -0.2) is 15.8 Å². The molecule has 1 aromatic heterocycles. The molecule has 2 rings (SSSR count). The molecule has 106 valence electrons. The summed E-state index contributed by atoms with van der Waals surface area (Å²) >= 11 is 1.50. The van der Waals surface area contributed by atoms with E-state index in [-0.39, 0.29) is 0 Å². The van der Waals surface area contributed by atoms with Crippen LogP contribution in [0, 0.1) is 0 Å². The highest BCUT2D eigenvalue weighted by atomic mass is 32.2. The molecule has 0 unspecified atom stereocenters. The van der Waals surface area contributed by atoms with E-state index in [0.717, 1.165) is 18.8 Å². The van der Waals surface area contributed by atoms with Gasteiger partial charge in [0.15, 0.2) is 5.16 Å². The molecule has 0 aliphatic carbocycles. The molecule has 1 heterocycles. The van der Waals surface area contributed by atoms with Crippen molar-refractivity contribution in [2.24, 2.45) is 5.84 Å². The van der Waals surface area contributed by atoms with Crippen LogP contribution in [0.4, 0.5) is 11.6 Å². The molecular weight excluding hydrogens is 270 g/mol. The van der Waals surface area contributed by atoms with E-state index in [4.69, 9.17) is 5.84 Å². The lowest BCUT2D eigenvalue weighted by molar-refractivity contribution is 0.834. The molecule has 5 nitrogen and oxygen atoms in total. The molecule has 0 bridgehead atoms. The van der Waals surface area contributed by atoms with Gasteiger partial charge in [0, 0.05) is 19.7 Å². The van der Waals surface area contributed by atoms with Gasteiger partial charge in [-0.2, -0.15) is 0 Å². The number of hydrazine groups is 1. The maximum Gasteiger partial charge on any atom is 0.191 e. The van der Waals surface area contributed by atoms with Crippen molar-refractivity contribution in [1.29, 1.82) is 0 Å². The van der Waals surface area contributed by atoms with E-state index in [2.05, 4.69) is 44.6 Å². The minimum absolute atomic E-state index is 0.630. The van der Waals surface area contributed by atoms with Gasteiger partial charge in [-0.1, -0.05) is 42.1 Å². The van der Waals surface area contributed by atoms with Crippen molar-refractivity contribution in [2.45, 2.75) is 11.6 Å². The van der Waals surface area contributed by atoms with Crippen molar-refractivity contribution in [2.75, 3.05) is 30.2 Å². The summed E-state index contributed by atoms with van der Waals surface area (Å²) in [5.74, 6) is 6.94. The number of nitrogen functional groups attached to an aromatic ring is 1. The zero-order chi connectivity index (χ0) is 14.4. The van der Waals surface area contributed by atoms with Crippen LogP contribution in [0.15, 0.2) is 41.6 Å². The largest absolute Gasteiger partial charge is 0.359 e. The third-order valence-electron chi connectivity index (χ3n) is 2.99. The molecule has 0 radical (unpaired) electrons. The Morgan fingerprint density at radius 3 is 2.65 bits per heavy atom. The van der Waals surface area contributed by atoms with E-state index >= 15 is 0 Å². The van der Waals surface area contributed by atoms with Gasteiger partial charge in [-0.3, -0.25) is 0 Å². The highest BCUT2D eigenvalue weighted by Crippen LogP contribution is 2.19. The van der Waals surface area contributed by atoms with E-state index in [1.54, 1.807) is 0 Å². The number of thioether (sulfide) groups is 1. The average Bonchev–Trinajstić information content (AvgIpc) is 2.52. The number of anilines is 2. The number of nitrogens with zero attached hydrogens (tertiary/aromatic N) is 3. The molecule has 0 saturated carbocycles. The molecule has 0 aliphatic rings. The van der Waals surface area contributed by atoms with E-state index in [9.17, 15) is 0 Å². The SMILES string of the molecule is CSc1nc(NN)cc(N(C)CCc2ccccc2)n1. The van der Waals surface area contributed by atoms with Gasteiger partial charge in [-0.15, -0.1) is 0 Å². The van der Waals surface area contributed by atoms with Crippen LogP contribution < -0.4 is 16.2 Å². The number of rotatable bonds is 6. The highest BCUT2D eigenvalue weighted by Gasteiger charge is 2.07. The van der Waals surface area contributed by atoms with Crippen LogP contribution in [0.1, 0.15) is 5.56 Å². The standard InChI is InChI=1S/C14H19N5S/c1-19(9-8-11-6-4-3-5-7-11)13-10-12(18-15)16-14(17-13)20-2/h3-7,10H,8-9,15H2,1-2H3,(H,16,17,18). The number of benzene rings is 1. The van der Waals surface area contributed by atoms with E-state index in [1.165, 1.54) is 17.3 Å². The number of hydrogen-bond acceptors (Lipinski definition) is 6. The molecule has 3 N–H and O–H groups in total. The first kappa shape index (κ1) is 14.6. The summed E-state index contributed by atoms with van der Waals surface area (Å²) in [6.45, 7) is 0.888. The zero-order valence-corrected chi connectivity index (χ0v) is 12.5. The monoisotopic (exact) mass is 289 g/mol. The third-order valence-corrected chi connectivity index (χ3v) is 3.54. The Morgan fingerprint density at radius 1 is 1.25 bits per heavy atom. The fraction of sp³-hybridized carbons (Fsp3) is 0.286.